The molecule has 0 aliphatic carbocycles. The van der Waals surface area contributed by atoms with E-state index >= 15 is 0 Å². The highest BCUT2D eigenvalue weighted by Gasteiger charge is 2.19. The maximum atomic E-state index is 11.9. The number of carbonyl (C=O) groups excluding carboxylic acids is 1. The zero-order chi connectivity index (χ0) is 21.6. The van der Waals surface area contributed by atoms with Crippen molar-refractivity contribution in [1.82, 2.24) is 9.97 Å². The van der Waals surface area contributed by atoms with Gasteiger partial charge >= 0.3 is 5.97 Å². The molecule has 1 N–H and O–H groups in total. The predicted molar refractivity (Wildman–Crippen MR) is 121 cm³/mol. The van der Waals surface area contributed by atoms with Crippen LogP contribution in [-0.4, -0.2) is 29.7 Å². The van der Waals surface area contributed by atoms with Crippen LogP contribution in [0.4, 0.5) is 0 Å². The molecule has 5 heteroatoms. The number of ether oxygens (including phenoxy) is 2. The van der Waals surface area contributed by atoms with Crippen LogP contribution in [0, 0.1) is 0 Å². The van der Waals surface area contributed by atoms with Crippen molar-refractivity contribution in [3.8, 4) is 0 Å². The second kappa shape index (κ2) is 9.58. The van der Waals surface area contributed by atoms with Crippen molar-refractivity contribution >= 4 is 17.0 Å². The number of esters is 1. The topological polar surface area (TPSA) is 64.2 Å². The number of nitrogens with zero attached hydrogens (tertiary/aromatic N) is 1. The summed E-state index contributed by atoms with van der Waals surface area (Å²) in [4.78, 5) is 20.3. The van der Waals surface area contributed by atoms with Crippen LogP contribution >= 0.6 is 0 Å². The Morgan fingerprint density at radius 2 is 1.74 bits per heavy atom. The number of aromatic amines is 1. The average Bonchev–Trinajstić information content (AvgIpc) is 3.23. The molecule has 0 aliphatic rings. The summed E-state index contributed by atoms with van der Waals surface area (Å²) in [6.45, 7) is 2.15. The molecule has 1 unspecified atom stereocenters. The van der Waals surface area contributed by atoms with Gasteiger partial charge in [0, 0.05) is 19.1 Å². The van der Waals surface area contributed by atoms with Gasteiger partial charge in [0.1, 0.15) is 11.9 Å². The summed E-state index contributed by atoms with van der Waals surface area (Å²) in [6.07, 6.45) is 1.48. The van der Waals surface area contributed by atoms with Crippen molar-refractivity contribution in [1.29, 1.82) is 0 Å². The summed E-state index contributed by atoms with van der Waals surface area (Å²) in [5.41, 5.74) is 5.67. The molecule has 0 radical (unpaired) electrons. The first kappa shape index (κ1) is 20.8. The zero-order valence-electron chi connectivity index (χ0n) is 17.8. The van der Waals surface area contributed by atoms with Gasteiger partial charge in [0.25, 0.3) is 0 Å². The number of nitrogens with one attached hydrogen (secondary N) is 1. The van der Waals surface area contributed by atoms with Gasteiger partial charge in [0.2, 0.25) is 0 Å². The van der Waals surface area contributed by atoms with Gasteiger partial charge in [0.05, 0.1) is 23.2 Å². The van der Waals surface area contributed by atoms with Crippen LogP contribution in [0.5, 0.6) is 0 Å². The van der Waals surface area contributed by atoms with Crippen LogP contribution in [0.15, 0.2) is 72.8 Å². The van der Waals surface area contributed by atoms with E-state index in [0.717, 1.165) is 40.8 Å². The van der Waals surface area contributed by atoms with E-state index in [0.29, 0.717) is 12.2 Å². The number of hydrogen-bond donors (Lipinski definition) is 1. The number of imidazole rings is 1. The van der Waals surface area contributed by atoms with Gasteiger partial charge in [-0.25, -0.2) is 9.78 Å². The van der Waals surface area contributed by atoms with Crippen LogP contribution in [0.2, 0.25) is 0 Å². The summed E-state index contributed by atoms with van der Waals surface area (Å²) in [6, 6.07) is 23.9. The third-order valence-electron chi connectivity index (χ3n) is 5.33. The molecule has 0 spiro atoms. The fraction of sp³-hybridized carbons (Fsp3) is 0.231. The zero-order valence-corrected chi connectivity index (χ0v) is 17.8. The Labute approximate surface area is 182 Å². The highest BCUT2D eigenvalue weighted by Crippen LogP contribution is 2.31. The quantitative estimate of drug-likeness (QED) is 0.400. The molecule has 0 fully saturated rings. The number of hydrogen-bond acceptors (Lipinski definition) is 4. The molecule has 0 amide bonds. The second-order valence-electron chi connectivity index (χ2n) is 7.37. The Hall–Kier alpha value is -3.44. The van der Waals surface area contributed by atoms with Crippen LogP contribution in [0.25, 0.3) is 11.0 Å². The highest BCUT2D eigenvalue weighted by atomic mass is 16.5. The number of H-pyrrole nitrogens is 1. The highest BCUT2D eigenvalue weighted by molar-refractivity contribution is 5.89. The van der Waals surface area contributed by atoms with Crippen molar-refractivity contribution in [2.24, 2.45) is 0 Å². The number of aryl methyl sites for hydroxylation is 2. The van der Waals surface area contributed by atoms with Gasteiger partial charge < -0.3 is 14.5 Å². The summed E-state index contributed by atoms with van der Waals surface area (Å²) in [5, 5.41) is 0. The van der Waals surface area contributed by atoms with Gasteiger partial charge in [-0.05, 0) is 42.7 Å². The minimum Gasteiger partial charge on any atom is -0.462 e. The third-order valence-corrected chi connectivity index (χ3v) is 5.33. The summed E-state index contributed by atoms with van der Waals surface area (Å²) >= 11 is 0. The SMILES string of the molecule is CCOC(=O)c1ccc(C(OC)c2cccc3[nH]c(CCc4ccccc4)nc23)cc1. The molecule has 4 aromatic rings. The number of rotatable bonds is 8. The minimum absolute atomic E-state index is 0.287. The van der Waals surface area contributed by atoms with E-state index in [1.807, 2.05) is 36.4 Å². The number of carbonyl (C=O) groups is 1. The van der Waals surface area contributed by atoms with E-state index in [1.165, 1.54) is 5.56 Å². The van der Waals surface area contributed by atoms with Crippen molar-refractivity contribution in [2.75, 3.05) is 13.7 Å². The largest absolute Gasteiger partial charge is 0.462 e. The van der Waals surface area contributed by atoms with Crippen LogP contribution in [-0.2, 0) is 22.3 Å². The van der Waals surface area contributed by atoms with Crippen molar-refractivity contribution < 1.29 is 14.3 Å². The van der Waals surface area contributed by atoms with Gasteiger partial charge in [-0.1, -0.05) is 54.6 Å². The first-order chi connectivity index (χ1) is 15.2. The van der Waals surface area contributed by atoms with Gasteiger partial charge in [-0.15, -0.1) is 0 Å². The lowest BCUT2D eigenvalue weighted by molar-refractivity contribution is 0.0526. The molecule has 1 heterocycles. The summed E-state index contributed by atoms with van der Waals surface area (Å²) < 4.78 is 10.9. The van der Waals surface area contributed by atoms with Crippen molar-refractivity contribution in [3.63, 3.8) is 0 Å². The number of fused-ring (bicyclic) bond motifs is 1. The van der Waals surface area contributed by atoms with E-state index in [4.69, 9.17) is 14.5 Å². The Morgan fingerprint density at radius 3 is 2.45 bits per heavy atom. The molecule has 0 saturated carbocycles. The number of benzene rings is 3. The summed E-state index contributed by atoms with van der Waals surface area (Å²) in [7, 11) is 1.69. The Bertz CT molecular complexity index is 1150. The van der Waals surface area contributed by atoms with E-state index in [-0.39, 0.29) is 12.1 Å². The first-order valence-electron chi connectivity index (χ1n) is 10.5. The Morgan fingerprint density at radius 1 is 0.968 bits per heavy atom. The molecule has 5 nitrogen and oxygen atoms in total. The predicted octanol–water partition coefficient (Wildman–Crippen LogP) is 5.26. The Balaban J connectivity index is 1.59. The number of para-hydroxylation sites is 1. The molecular weight excluding hydrogens is 388 g/mol. The lowest BCUT2D eigenvalue weighted by atomic mass is 9.99. The minimum atomic E-state index is -0.319. The van der Waals surface area contributed by atoms with E-state index < -0.39 is 0 Å². The molecule has 1 atom stereocenters. The lowest BCUT2D eigenvalue weighted by Crippen LogP contribution is -2.07. The number of aromatic nitrogens is 2. The summed E-state index contributed by atoms with van der Waals surface area (Å²) in [5.74, 6) is 0.638. The molecule has 0 bridgehead atoms. The van der Waals surface area contributed by atoms with Crippen LogP contribution in [0.3, 0.4) is 0 Å². The first-order valence-corrected chi connectivity index (χ1v) is 10.5. The molecule has 4 rings (SSSR count). The lowest BCUT2D eigenvalue weighted by Gasteiger charge is -2.17. The van der Waals surface area contributed by atoms with E-state index in [9.17, 15) is 4.79 Å². The van der Waals surface area contributed by atoms with Crippen molar-refractivity contribution in [3.05, 3.63) is 101 Å². The molecule has 3 aromatic carbocycles. The van der Waals surface area contributed by atoms with Gasteiger partial charge in [0.15, 0.2) is 0 Å². The fourth-order valence-corrected chi connectivity index (χ4v) is 3.79. The Kier molecular flexibility index (Phi) is 6.43. The third kappa shape index (κ3) is 4.67. The van der Waals surface area contributed by atoms with Crippen LogP contribution in [0.1, 0.15) is 45.9 Å². The standard InChI is InChI=1S/C26H26N2O3/c1-3-31-26(29)20-15-13-19(14-16-20)25(30-2)21-10-7-11-22-24(21)28-23(27-22)17-12-18-8-5-4-6-9-18/h4-11,13-16,25H,3,12,17H2,1-2H3,(H,27,28). The number of methoxy groups -OCH3 is 1. The molecule has 158 valence electrons. The molecule has 0 aliphatic heterocycles. The van der Waals surface area contributed by atoms with Gasteiger partial charge in [-0.2, -0.15) is 0 Å². The average molecular weight is 415 g/mol. The normalized spacial score (nSPS) is 12.1. The fourth-order valence-electron chi connectivity index (χ4n) is 3.79. The monoisotopic (exact) mass is 414 g/mol. The second-order valence-corrected chi connectivity index (χ2v) is 7.37. The smallest absolute Gasteiger partial charge is 0.338 e. The van der Waals surface area contributed by atoms with Crippen molar-refractivity contribution in [2.45, 2.75) is 25.9 Å². The van der Waals surface area contributed by atoms with Crippen LogP contribution < -0.4 is 0 Å². The molecule has 0 saturated heterocycles. The molecule has 31 heavy (non-hydrogen) atoms. The maximum absolute atomic E-state index is 11.9. The van der Waals surface area contributed by atoms with E-state index in [2.05, 4.69) is 29.2 Å². The molecular formula is C26H26N2O3. The molecule has 1 aromatic heterocycles. The maximum Gasteiger partial charge on any atom is 0.338 e. The van der Waals surface area contributed by atoms with E-state index in [1.54, 1.807) is 26.2 Å². The van der Waals surface area contributed by atoms with Gasteiger partial charge in [-0.3, -0.25) is 0 Å².